The van der Waals surface area contributed by atoms with Gasteiger partial charge in [0.05, 0.1) is 24.9 Å². The Morgan fingerprint density at radius 3 is 2.68 bits per heavy atom. The van der Waals surface area contributed by atoms with Crippen molar-refractivity contribution in [2.75, 3.05) is 38.6 Å². The largest absolute Gasteiger partial charge is 0.453 e. The monoisotopic (exact) mass is 537 g/mol. The summed E-state index contributed by atoms with van der Waals surface area (Å²) in [4.78, 5) is 50.8. The summed E-state index contributed by atoms with van der Waals surface area (Å²) in [5.41, 5.74) is 0.971. The van der Waals surface area contributed by atoms with E-state index in [-0.39, 0.29) is 36.0 Å². The molecular weight excluding hydrogens is 510 g/mol. The summed E-state index contributed by atoms with van der Waals surface area (Å²) in [5.74, 6) is 0.450. The van der Waals surface area contributed by atoms with Crippen molar-refractivity contribution in [3.63, 3.8) is 0 Å². The molecule has 2 saturated heterocycles. The zero-order valence-corrected chi connectivity index (χ0v) is 21.6. The Bertz CT molecular complexity index is 1390. The number of likely N-dealkylation sites (tertiary alicyclic amines) is 2. The van der Waals surface area contributed by atoms with E-state index in [1.54, 1.807) is 26.6 Å². The minimum atomic E-state index is -0.480. The lowest BCUT2D eigenvalue weighted by molar-refractivity contribution is -0.129. The van der Waals surface area contributed by atoms with Gasteiger partial charge in [0.2, 0.25) is 5.91 Å². The maximum Gasteiger partial charge on any atom is 0.407 e. The van der Waals surface area contributed by atoms with Gasteiger partial charge in [0.15, 0.2) is 5.82 Å². The first-order valence-corrected chi connectivity index (χ1v) is 13.2. The summed E-state index contributed by atoms with van der Waals surface area (Å²) in [6, 6.07) is 3.41. The SMILES string of the molecule is COC(=O)NC1CCN(C(=O)c2cc(N[C@@H]3CCN(C(=O)CC#N)C3)nc(-c3cnn4ccsc34)n2)CC1. The molecule has 2 aliphatic heterocycles. The minimum Gasteiger partial charge on any atom is -0.453 e. The maximum atomic E-state index is 13.5. The molecule has 0 saturated carbocycles. The van der Waals surface area contributed by atoms with Crippen LogP contribution in [0.5, 0.6) is 0 Å². The molecule has 13 nitrogen and oxygen atoms in total. The highest BCUT2D eigenvalue weighted by atomic mass is 32.1. The smallest absolute Gasteiger partial charge is 0.407 e. The molecular formula is C24H27N9O4S. The summed E-state index contributed by atoms with van der Waals surface area (Å²) in [6.07, 6.45) is 4.81. The van der Waals surface area contributed by atoms with Crippen molar-refractivity contribution < 1.29 is 19.1 Å². The fraction of sp³-hybridized carbons (Fsp3) is 0.458. The normalized spacial score (nSPS) is 17.8. The average Bonchev–Trinajstić information content (AvgIpc) is 3.66. The lowest BCUT2D eigenvalue weighted by Crippen LogP contribution is -2.46. The van der Waals surface area contributed by atoms with Crippen LogP contribution in [0.3, 0.4) is 0 Å². The van der Waals surface area contributed by atoms with Crippen LogP contribution >= 0.6 is 11.3 Å². The van der Waals surface area contributed by atoms with Crippen molar-refractivity contribution in [2.24, 2.45) is 0 Å². The summed E-state index contributed by atoms with van der Waals surface area (Å²) in [5, 5.41) is 21.3. The van der Waals surface area contributed by atoms with E-state index in [4.69, 9.17) is 10.2 Å². The Kier molecular flexibility index (Phi) is 7.36. The molecule has 0 aliphatic carbocycles. The average molecular weight is 538 g/mol. The van der Waals surface area contributed by atoms with E-state index in [1.165, 1.54) is 18.4 Å². The number of amides is 3. The Labute approximate surface area is 222 Å². The molecule has 38 heavy (non-hydrogen) atoms. The molecule has 198 valence electrons. The number of ether oxygens (including phenoxy) is 1. The van der Waals surface area contributed by atoms with Crippen molar-refractivity contribution in [1.29, 1.82) is 5.26 Å². The van der Waals surface area contributed by atoms with Crippen molar-refractivity contribution >= 4 is 39.9 Å². The number of carbonyl (C=O) groups is 3. The van der Waals surface area contributed by atoms with Crippen molar-refractivity contribution in [1.82, 2.24) is 34.7 Å². The molecule has 0 radical (unpaired) electrons. The number of thiazole rings is 1. The van der Waals surface area contributed by atoms with Gasteiger partial charge >= 0.3 is 6.09 Å². The zero-order chi connectivity index (χ0) is 26.6. The molecule has 3 aromatic rings. The highest BCUT2D eigenvalue weighted by Gasteiger charge is 2.29. The van der Waals surface area contributed by atoms with E-state index in [0.29, 0.717) is 57.1 Å². The molecule has 3 amide bonds. The third kappa shape index (κ3) is 5.37. The molecule has 0 unspecified atom stereocenters. The van der Waals surface area contributed by atoms with Crippen LogP contribution in [0.2, 0.25) is 0 Å². The number of carbonyl (C=O) groups excluding carboxylic acids is 3. The van der Waals surface area contributed by atoms with Crippen LogP contribution in [0.4, 0.5) is 10.6 Å². The number of hydrogen-bond acceptors (Lipinski definition) is 10. The number of methoxy groups -OCH3 is 1. The van der Waals surface area contributed by atoms with Gasteiger partial charge in [0, 0.05) is 55.9 Å². The van der Waals surface area contributed by atoms with Crippen molar-refractivity contribution in [2.45, 2.75) is 37.8 Å². The van der Waals surface area contributed by atoms with Gasteiger partial charge in [0.25, 0.3) is 5.91 Å². The van der Waals surface area contributed by atoms with Gasteiger partial charge in [-0.05, 0) is 19.3 Å². The second kappa shape index (κ2) is 11.0. The molecule has 0 spiro atoms. The van der Waals surface area contributed by atoms with E-state index < -0.39 is 6.09 Å². The standard InChI is InChI=1S/C24H27N9O4S/c1-37-24(36)28-15-3-7-31(8-4-15)22(35)18-12-19(27-16-5-9-32(14-16)20(34)2-6-25)30-21(29-18)17-13-26-33-10-11-38-23(17)33/h10-13,15-16H,2-5,7-9,14H2,1H3,(H,28,36)(H,27,29,30)/t16-/m1/s1. The van der Waals surface area contributed by atoms with Gasteiger partial charge in [-0.25, -0.2) is 19.3 Å². The van der Waals surface area contributed by atoms with Crippen LogP contribution in [-0.4, -0.2) is 92.7 Å². The predicted octanol–water partition coefficient (Wildman–Crippen LogP) is 1.74. The number of rotatable bonds is 6. The summed E-state index contributed by atoms with van der Waals surface area (Å²) in [7, 11) is 1.32. The Hall–Kier alpha value is -4.25. The number of anilines is 1. The molecule has 5 heterocycles. The molecule has 14 heteroatoms. The number of hydrogen-bond donors (Lipinski definition) is 2. The van der Waals surface area contributed by atoms with Crippen LogP contribution in [0, 0.1) is 11.3 Å². The second-order valence-electron chi connectivity index (χ2n) is 9.18. The Morgan fingerprint density at radius 1 is 1.16 bits per heavy atom. The number of fused-ring (bicyclic) bond motifs is 1. The summed E-state index contributed by atoms with van der Waals surface area (Å²) >= 11 is 1.50. The van der Waals surface area contributed by atoms with Crippen LogP contribution in [-0.2, 0) is 9.53 Å². The lowest BCUT2D eigenvalue weighted by Gasteiger charge is -2.32. The first-order valence-electron chi connectivity index (χ1n) is 12.3. The fourth-order valence-electron chi connectivity index (χ4n) is 4.74. The highest BCUT2D eigenvalue weighted by molar-refractivity contribution is 7.16. The van der Waals surface area contributed by atoms with Crippen molar-refractivity contribution in [3.8, 4) is 17.5 Å². The summed E-state index contributed by atoms with van der Waals surface area (Å²) < 4.78 is 6.41. The minimum absolute atomic E-state index is 0.0572. The second-order valence-corrected chi connectivity index (χ2v) is 10.1. The number of piperidine rings is 1. The molecule has 2 aliphatic rings. The first kappa shape index (κ1) is 25.4. The van der Waals surface area contributed by atoms with E-state index in [0.717, 1.165) is 10.4 Å². The van der Waals surface area contributed by atoms with Gasteiger partial charge in [-0.1, -0.05) is 0 Å². The quantitative estimate of drug-likeness (QED) is 0.478. The maximum absolute atomic E-state index is 13.5. The molecule has 5 rings (SSSR count). The topological polar surface area (TPSA) is 158 Å². The van der Waals surface area contributed by atoms with Crippen LogP contribution in [0.25, 0.3) is 16.2 Å². The number of alkyl carbamates (subject to hydrolysis) is 1. The number of nitrogens with one attached hydrogen (secondary N) is 2. The Balaban J connectivity index is 1.37. The fourth-order valence-corrected chi connectivity index (χ4v) is 5.53. The first-order chi connectivity index (χ1) is 18.4. The lowest BCUT2D eigenvalue weighted by atomic mass is 10.0. The van der Waals surface area contributed by atoms with Gasteiger partial charge in [0.1, 0.15) is 22.8 Å². The Morgan fingerprint density at radius 2 is 1.92 bits per heavy atom. The van der Waals surface area contributed by atoms with Gasteiger partial charge < -0.3 is 25.2 Å². The number of nitriles is 1. The van der Waals surface area contributed by atoms with Crippen LogP contribution in [0.15, 0.2) is 23.8 Å². The third-order valence-corrected chi connectivity index (χ3v) is 7.62. The molecule has 2 fully saturated rings. The highest BCUT2D eigenvalue weighted by Crippen LogP contribution is 2.27. The molecule has 2 N–H and O–H groups in total. The molecule has 3 aromatic heterocycles. The van der Waals surface area contributed by atoms with Crippen LogP contribution in [0.1, 0.15) is 36.2 Å². The van der Waals surface area contributed by atoms with Crippen LogP contribution < -0.4 is 10.6 Å². The van der Waals surface area contributed by atoms with Crippen molar-refractivity contribution in [3.05, 3.63) is 29.5 Å². The van der Waals surface area contributed by atoms with E-state index in [2.05, 4.69) is 25.5 Å². The van der Waals surface area contributed by atoms with Gasteiger partial charge in [-0.2, -0.15) is 10.4 Å². The summed E-state index contributed by atoms with van der Waals surface area (Å²) in [6.45, 7) is 1.94. The van der Waals surface area contributed by atoms with E-state index >= 15 is 0 Å². The zero-order valence-electron chi connectivity index (χ0n) is 20.8. The van der Waals surface area contributed by atoms with Gasteiger partial charge in [-0.3, -0.25) is 9.59 Å². The molecule has 0 aromatic carbocycles. The number of nitrogens with zero attached hydrogens (tertiary/aromatic N) is 7. The van der Waals surface area contributed by atoms with Gasteiger partial charge in [-0.15, -0.1) is 11.3 Å². The third-order valence-electron chi connectivity index (χ3n) is 6.73. The van der Waals surface area contributed by atoms with E-state index in [1.807, 2.05) is 17.6 Å². The molecule has 0 bridgehead atoms. The van der Waals surface area contributed by atoms with E-state index in [9.17, 15) is 14.4 Å². The number of aromatic nitrogens is 4. The predicted molar refractivity (Wildman–Crippen MR) is 137 cm³/mol. The molecule has 1 atom stereocenters.